The number of halogens is 1. The minimum atomic E-state index is 0.493. The lowest BCUT2D eigenvalue weighted by Gasteiger charge is -2.22. The highest BCUT2D eigenvalue weighted by atomic mass is 35.5. The molecule has 0 atom stereocenters. The number of piperidine rings is 1. The van der Waals surface area contributed by atoms with Crippen molar-refractivity contribution in [2.45, 2.75) is 26.0 Å². The molecule has 128 valence electrons. The van der Waals surface area contributed by atoms with Gasteiger partial charge in [-0.05, 0) is 62.2 Å². The van der Waals surface area contributed by atoms with Gasteiger partial charge < -0.3 is 15.4 Å². The predicted octanol–water partition coefficient (Wildman–Crippen LogP) is 4.01. The summed E-state index contributed by atoms with van der Waals surface area (Å²) in [5.74, 6) is 1.68. The Morgan fingerprint density at radius 1 is 1.04 bits per heavy atom. The lowest BCUT2D eigenvalue weighted by molar-refractivity contribution is 0.306. The molecule has 0 spiro atoms. The molecule has 0 bridgehead atoms. The molecular formula is C20H25ClN2O. The molecule has 1 saturated heterocycles. The van der Waals surface area contributed by atoms with Crippen molar-refractivity contribution in [2.24, 2.45) is 5.92 Å². The minimum absolute atomic E-state index is 0.493. The first-order chi connectivity index (χ1) is 11.8. The molecule has 0 aromatic heterocycles. The molecule has 0 unspecified atom stereocenters. The summed E-state index contributed by atoms with van der Waals surface area (Å²) in [6, 6.07) is 16.1. The van der Waals surface area contributed by atoms with Gasteiger partial charge in [0.05, 0.1) is 0 Å². The molecular weight excluding hydrogens is 320 g/mol. The van der Waals surface area contributed by atoms with Crippen LogP contribution in [-0.2, 0) is 13.2 Å². The van der Waals surface area contributed by atoms with Crippen molar-refractivity contribution in [2.75, 3.05) is 19.6 Å². The fraction of sp³-hybridized carbons (Fsp3) is 0.400. The molecule has 1 heterocycles. The first-order valence-corrected chi connectivity index (χ1v) is 9.05. The summed E-state index contributed by atoms with van der Waals surface area (Å²) < 4.78 is 5.82. The van der Waals surface area contributed by atoms with Crippen LogP contribution in [0.1, 0.15) is 24.0 Å². The van der Waals surface area contributed by atoms with E-state index in [9.17, 15) is 0 Å². The fourth-order valence-corrected chi connectivity index (χ4v) is 3.18. The molecule has 0 amide bonds. The number of benzene rings is 2. The number of ether oxygens (including phenoxy) is 1. The van der Waals surface area contributed by atoms with Gasteiger partial charge in [-0.3, -0.25) is 0 Å². The van der Waals surface area contributed by atoms with Gasteiger partial charge in [0.1, 0.15) is 12.4 Å². The average Bonchev–Trinajstić information content (AvgIpc) is 2.63. The first kappa shape index (κ1) is 17.3. The Balaban J connectivity index is 1.42. The molecule has 2 N–H and O–H groups in total. The smallest absolute Gasteiger partial charge is 0.119 e. The summed E-state index contributed by atoms with van der Waals surface area (Å²) >= 11 is 6.14. The van der Waals surface area contributed by atoms with Crippen molar-refractivity contribution in [1.29, 1.82) is 0 Å². The first-order valence-electron chi connectivity index (χ1n) is 8.68. The molecule has 4 heteroatoms. The van der Waals surface area contributed by atoms with Gasteiger partial charge in [-0.1, -0.05) is 41.9 Å². The van der Waals surface area contributed by atoms with Crippen molar-refractivity contribution < 1.29 is 4.74 Å². The normalized spacial score (nSPS) is 15.4. The molecule has 2 aromatic carbocycles. The van der Waals surface area contributed by atoms with Gasteiger partial charge in [-0.15, -0.1) is 0 Å². The van der Waals surface area contributed by atoms with Crippen LogP contribution in [0.2, 0.25) is 5.02 Å². The van der Waals surface area contributed by atoms with E-state index in [2.05, 4.69) is 22.8 Å². The highest BCUT2D eigenvalue weighted by Gasteiger charge is 2.11. The van der Waals surface area contributed by atoms with Gasteiger partial charge in [0.25, 0.3) is 0 Å². The zero-order chi connectivity index (χ0) is 16.6. The minimum Gasteiger partial charge on any atom is -0.489 e. The second-order valence-electron chi connectivity index (χ2n) is 6.35. The summed E-state index contributed by atoms with van der Waals surface area (Å²) in [6.45, 7) is 4.82. The van der Waals surface area contributed by atoms with Crippen LogP contribution in [0, 0.1) is 5.92 Å². The third kappa shape index (κ3) is 5.23. The van der Waals surface area contributed by atoms with Gasteiger partial charge >= 0.3 is 0 Å². The van der Waals surface area contributed by atoms with E-state index in [4.69, 9.17) is 16.3 Å². The Kier molecular flexibility index (Phi) is 6.53. The number of rotatable bonds is 7. The molecule has 1 fully saturated rings. The van der Waals surface area contributed by atoms with E-state index in [1.54, 1.807) is 0 Å². The van der Waals surface area contributed by atoms with Gasteiger partial charge in [0.2, 0.25) is 0 Å². The Morgan fingerprint density at radius 3 is 2.54 bits per heavy atom. The third-order valence-corrected chi connectivity index (χ3v) is 4.87. The second-order valence-corrected chi connectivity index (χ2v) is 6.76. The number of hydrogen-bond donors (Lipinski definition) is 2. The average molecular weight is 345 g/mol. The molecule has 1 aliphatic rings. The van der Waals surface area contributed by atoms with Crippen molar-refractivity contribution in [1.82, 2.24) is 10.6 Å². The SMILES string of the molecule is Clc1ccccc1COc1ccc(CNCC2CCNCC2)cc1. The number of hydrogen-bond acceptors (Lipinski definition) is 3. The lowest BCUT2D eigenvalue weighted by atomic mass is 9.98. The van der Waals surface area contributed by atoms with Crippen LogP contribution in [0.4, 0.5) is 0 Å². The maximum atomic E-state index is 6.14. The van der Waals surface area contributed by atoms with Gasteiger partial charge in [0.15, 0.2) is 0 Å². The van der Waals surface area contributed by atoms with E-state index >= 15 is 0 Å². The van der Waals surface area contributed by atoms with Crippen molar-refractivity contribution in [3.05, 3.63) is 64.7 Å². The van der Waals surface area contributed by atoms with Gasteiger partial charge in [-0.25, -0.2) is 0 Å². The Labute approximate surface area is 149 Å². The third-order valence-electron chi connectivity index (χ3n) is 4.50. The lowest BCUT2D eigenvalue weighted by Crippen LogP contribution is -2.33. The van der Waals surface area contributed by atoms with Crippen LogP contribution in [0.25, 0.3) is 0 Å². The largest absolute Gasteiger partial charge is 0.489 e. The van der Waals surface area contributed by atoms with Crippen LogP contribution in [0.5, 0.6) is 5.75 Å². The molecule has 0 saturated carbocycles. The Bertz CT molecular complexity index is 624. The highest BCUT2D eigenvalue weighted by molar-refractivity contribution is 6.31. The zero-order valence-corrected chi connectivity index (χ0v) is 14.7. The van der Waals surface area contributed by atoms with Crippen LogP contribution in [0.3, 0.4) is 0 Å². The fourth-order valence-electron chi connectivity index (χ4n) is 2.99. The topological polar surface area (TPSA) is 33.3 Å². The molecule has 0 aliphatic carbocycles. The predicted molar refractivity (Wildman–Crippen MR) is 99.5 cm³/mol. The molecule has 2 aromatic rings. The van der Waals surface area contributed by atoms with Gasteiger partial charge in [-0.2, -0.15) is 0 Å². The summed E-state index contributed by atoms with van der Waals surface area (Å²) in [6.07, 6.45) is 2.56. The zero-order valence-electron chi connectivity index (χ0n) is 13.9. The summed E-state index contributed by atoms with van der Waals surface area (Å²) in [7, 11) is 0. The van der Waals surface area contributed by atoms with E-state index in [1.807, 2.05) is 36.4 Å². The van der Waals surface area contributed by atoms with Crippen LogP contribution < -0.4 is 15.4 Å². The van der Waals surface area contributed by atoms with E-state index < -0.39 is 0 Å². The number of nitrogens with one attached hydrogen (secondary N) is 2. The summed E-state index contributed by atoms with van der Waals surface area (Å²) in [5.41, 5.74) is 2.29. The Hall–Kier alpha value is -1.55. The van der Waals surface area contributed by atoms with Crippen LogP contribution in [0.15, 0.2) is 48.5 Å². The molecule has 1 aliphatic heterocycles. The monoisotopic (exact) mass is 344 g/mol. The van der Waals surface area contributed by atoms with Crippen molar-refractivity contribution in [3.8, 4) is 5.75 Å². The maximum Gasteiger partial charge on any atom is 0.119 e. The maximum absolute atomic E-state index is 6.14. The standard InChI is InChI=1S/C20H25ClN2O/c21-20-4-2-1-3-18(20)15-24-19-7-5-16(6-8-19)13-23-14-17-9-11-22-12-10-17/h1-8,17,22-23H,9-15H2. The van der Waals surface area contributed by atoms with Crippen LogP contribution >= 0.6 is 11.6 Å². The quantitative estimate of drug-likeness (QED) is 0.796. The molecule has 3 rings (SSSR count). The van der Waals surface area contributed by atoms with Crippen LogP contribution in [-0.4, -0.2) is 19.6 Å². The van der Waals surface area contributed by atoms with E-state index in [0.717, 1.165) is 48.4 Å². The molecule has 0 radical (unpaired) electrons. The Morgan fingerprint density at radius 2 is 1.79 bits per heavy atom. The summed E-state index contributed by atoms with van der Waals surface area (Å²) in [5, 5.41) is 7.72. The second kappa shape index (κ2) is 9.07. The highest BCUT2D eigenvalue weighted by Crippen LogP contribution is 2.19. The van der Waals surface area contributed by atoms with Crippen molar-refractivity contribution >= 4 is 11.6 Å². The van der Waals surface area contributed by atoms with E-state index in [0.29, 0.717) is 6.61 Å². The molecule has 24 heavy (non-hydrogen) atoms. The summed E-state index contributed by atoms with van der Waals surface area (Å²) in [4.78, 5) is 0. The van der Waals surface area contributed by atoms with E-state index in [-0.39, 0.29) is 0 Å². The molecule has 3 nitrogen and oxygen atoms in total. The van der Waals surface area contributed by atoms with E-state index in [1.165, 1.54) is 18.4 Å². The van der Waals surface area contributed by atoms with Gasteiger partial charge in [0, 0.05) is 17.1 Å². The van der Waals surface area contributed by atoms with Crippen molar-refractivity contribution in [3.63, 3.8) is 0 Å².